The van der Waals surface area contributed by atoms with Crippen molar-refractivity contribution in [2.75, 3.05) is 0 Å². The molecule has 0 aliphatic rings. The quantitative estimate of drug-likeness (QED) is 0.309. The lowest BCUT2D eigenvalue weighted by atomic mass is 10.2. The van der Waals surface area contributed by atoms with Crippen LogP contribution >= 0.6 is 44.8 Å². The Morgan fingerprint density at radius 1 is 1.38 bits per heavy atom. The van der Waals surface area contributed by atoms with Crippen LogP contribution in [0.15, 0.2) is 0 Å². The number of hydrogen-bond acceptors (Lipinski definition) is 1. The first-order valence-electron chi connectivity index (χ1n) is 1.90. The van der Waals surface area contributed by atoms with E-state index in [1.807, 2.05) is 0 Å². The number of alkyl halides is 1. The van der Waals surface area contributed by atoms with E-state index in [1.165, 1.54) is 0 Å². The molecule has 0 heterocycles. The van der Waals surface area contributed by atoms with Gasteiger partial charge in [0.2, 0.25) is 0 Å². The zero-order chi connectivity index (χ0) is 6.78. The first-order valence-corrected chi connectivity index (χ1v) is 7.37. The highest BCUT2D eigenvalue weighted by Crippen LogP contribution is 2.16. The molecular formula is CH4BCl4NSi. The van der Waals surface area contributed by atoms with Gasteiger partial charge in [0.25, 0.3) is 0 Å². The molecule has 1 nitrogen and oxygen atoms in total. The van der Waals surface area contributed by atoms with E-state index in [-0.39, 0.29) is 5.40 Å². The van der Waals surface area contributed by atoms with E-state index in [0.717, 1.165) is 0 Å². The minimum atomic E-state index is -2.69. The molecule has 0 fully saturated rings. The molecule has 0 amide bonds. The summed E-state index contributed by atoms with van der Waals surface area (Å²) >= 11 is 21.6. The molecule has 0 aromatic heterocycles. The van der Waals surface area contributed by atoms with E-state index in [1.54, 1.807) is 7.85 Å². The van der Waals surface area contributed by atoms with Crippen LogP contribution in [0.5, 0.6) is 0 Å². The summed E-state index contributed by atoms with van der Waals surface area (Å²) in [6.45, 7) is 0. The lowest BCUT2D eigenvalue weighted by molar-refractivity contribution is 1.10. The molecule has 48 valence electrons. The highest BCUT2D eigenvalue weighted by atomic mass is 35.8. The highest BCUT2D eigenvalue weighted by Gasteiger charge is 2.26. The Morgan fingerprint density at radius 3 is 1.75 bits per heavy atom. The zero-order valence-electron chi connectivity index (χ0n) is 4.09. The Morgan fingerprint density at radius 2 is 1.75 bits per heavy atom. The van der Waals surface area contributed by atoms with Crippen LogP contribution in [0.1, 0.15) is 0 Å². The predicted molar refractivity (Wildman–Crippen MR) is 44.6 cm³/mol. The van der Waals surface area contributed by atoms with Gasteiger partial charge in [-0.3, -0.25) is 4.98 Å². The van der Waals surface area contributed by atoms with Crippen molar-refractivity contribution >= 4 is 58.8 Å². The molecule has 0 saturated carbocycles. The average molecular weight is 211 g/mol. The number of hydrogen-bond donors (Lipinski definition) is 1. The molecule has 1 N–H and O–H groups in total. The fraction of sp³-hybridized carbons (Fsp3) is 1.00. The molecule has 1 atom stereocenters. The maximum Gasteiger partial charge on any atom is 0.422 e. The predicted octanol–water partition coefficient (Wildman–Crippen LogP) is 0.883. The second-order valence-corrected chi connectivity index (χ2v) is 10.0. The molecule has 0 aromatic rings. The van der Waals surface area contributed by atoms with Crippen LogP contribution in [0.2, 0.25) is 0 Å². The minimum Gasteiger partial charge on any atom is -0.293 e. The lowest BCUT2D eigenvalue weighted by Gasteiger charge is -2.10. The van der Waals surface area contributed by atoms with Gasteiger partial charge in [-0.05, 0) is 0 Å². The fourth-order valence-electron chi connectivity index (χ4n) is 0.226. The van der Waals surface area contributed by atoms with Crippen LogP contribution in [0.3, 0.4) is 0 Å². The third kappa shape index (κ3) is 7.40. The fourth-order valence-corrected chi connectivity index (χ4v) is 3.14. The van der Waals surface area contributed by atoms with Gasteiger partial charge in [0.15, 0.2) is 0 Å². The largest absolute Gasteiger partial charge is 0.422 e. The Bertz CT molecular complexity index is 70.9. The van der Waals surface area contributed by atoms with Crippen LogP contribution in [0.25, 0.3) is 0 Å². The van der Waals surface area contributed by atoms with Gasteiger partial charge in [0, 0.05) is 5.40 Å². The van der Waals surface area contributed by atoms with Crippen molar-refractivity contribution in [2.24, 2.45) is 0 Å². The minimum absolute atomic E-state index is 0.269. The van der Waals surface area contributed by atoms with Gasteiger partial charge < -0.3 is 0 Å². The van der Waals surface area contributed by atoms with E-state index >= 15 is 0 Å². The Labute approximate surface area is 69.2 Å². The third-order valence-corrected chi connectivity index (χ3v) is 2.40. The summed E-state index contributed by atoms with van der Waals surface area (Å²) in [6.07, 6.45) is -2.69. The molecule has 0 spiro atoms. The number of nitrogens with one attached hydrogen (secondary N) is 1. The summed E-state index contributed by atoms with van der Waals surface area (Å²) in [5.41, 5.74) is 0. The van der Waals surface area contributed by atoms with Crippen molar-refractivity contribution in [2.45, 2.75) is 5.40 Å². The first kappa shape index (κ1) is 9.40. The van der Waals surface area contributed by atoms with Crippen molar-refractivity contribution in [3.8, 4) is 0 Å². The molecule has 0 aliphatic carbocycles. The standard InChI is InChI=1S/CH4BCl4NSi/c2-1(3)7-8(4,5)6/h1,7H,2H2. The van der Waals surface area contributed by atoms with Crippen molar-refractivity contribution < 1.29 is 0 Å². The van der Waals surface area contributed by atoms with E-state index in [4.69, 9.17) is 44.8 Å². The Hall–Kier alpha value is 1.40. The van der Waals surface area contributed by atoms with E-state index in [9.17, 15) is 0 Å². The summed E-state index contributed by atoms with van der Waals surface area (Å²) in [5.74, 6) is 0. The third-order valence-electron chi connectivity index (χ3n) is 0.363. The van der Waals surface area contributed by atoms with Crippen LogP contribution in [0.4, 0.5) is 0 Å². The lowest BCUT2D eigenvalue weighted by Crippen LogP contribution is -2.40. The maximum atomic E-state index is 5.43. The molecule has 0 bridgehead atoms. The molecule has 1 unspecified atom stereocenters. The van der Waals surface area contributed by atoms with Crippen LogP contribution in [-0.4, -0.2) is 19.4 Å². The van der Waals surface area contributed by atoms with Gasteiger partial charge in [0.05, 0.1) is 0 Å². The topological polar surface area (TPSA) is 12.0 Å². The molecule has 0 aromatic carbocycles. The van der Waals surface area contributed by atoms with Gasteiger partial charge in [-0.2, -0.15) is 0 Å². The van der Waals surface area contributed by atoms with Gasteiger partial charge in [-0.25, -0.2) is 0 Å². The van der Waals surface area contributed by atoms with Crippen molar-refractivity contribution in [3.63, 3.8) is 0 Å². The molecule has 8 heavy (non-hydrogen) atoms. The highest BCUT2D eigenvalue weighted by molar-refractivity contribution is 7.63. The second-order valence-electron chi connectivity index (χ2n) is 1.26. The smallest absolute Gasteiger partial charge is 0.293 e. The van der Waals surface area contributed by atoms with E-state index < -0.39 is 6.16 Å². The van der Waals surface area contributed by atoms with Crippen molar-refractivity contribution in [1.82, 2.24) is 4.98 Å². The monoisotopic (exact) mass is 209 g/mol. The normalized spacial score (nSPS) is 16.0. The van der Waals surface area contributed by atoms with E-state index in [2.05, 4.69) is 4.98 Å². The van der Waals surface area contributed by atoms with Crippen molar-refractivity contribution in [1.29, 1.82) is 0 Å². The molecule has 0 rings (SSSR count). The maximum absolute atomic E-state index is 5.43. The van der Waals surface area contributed by atoms with Gasteiger partial charge in [0.1, 0.15) is 7.85 Å². The average Bonchev–Trinajstić information content (AvgIpc) is 1.21. The number of halogens is 4. The Balaban J connectivity index is 3.39. The molecular weight excluding hydrogens is 207 g/mol. The van der Waals surface area contributed by atoms with Crippen LogP contribution < -0.4 is 4.98 Å². The van der Waals surface area contributed by atoms with E-state index in [0.29, 0.717) is 0 Å². The molecule has 0 saturated heterocycles. The summed E-state index contributed by atoms with van der Waals surface area (Å²) in [6, 6.07) is 0. The summed E-state index contributed by atoms with van der Waals surface area (Å²) in [4.78, 5) is 2.58. The molecule has 0 aliphatic heterocycles. The summed E-state index contributed by atoms with van der Waals surface area (Å²) in [7, 11) is 1.70. The second kappa shape index (κ2) is 3.54. The first-order chi connectivity index (χ1) is 3.42. The van der Waals surface area contributed by atoms with Crippen molar-refractivity contribution in [3.05, 3.63) is 0 Å². The van der Waals surface area contributed by atoms with Gasteiger partial charge in [-0.15, -0.1) is 44.8 Å². The molecule has 0 radical (unpaired) electrons. The summed E-state index contributed by atoms with van der Waals surface area (Å²) < 4.78 is 0. The Kier molecular flexibility index (Phi) is 4.16. The van der Waals surface area contributed by atoms with Crippen LogP contribution in [-0.2, 0) is 0 Å². The van der Waals surface area contributed by atoms with Crippen LogP contribution in [0, 0.1) is 0 Å². The zero-order valence-corrected chi connectivity index (χ0v) is 8.11. The van der Waals surface area contributed by atoms with Gasteiger partial charge in [-0.1, -0.05) is 0 Å². The number of rotatable bonds is 2. The SMILES string of the molecule is BC(Cl)N[Si](Cl)(Cl)Cl. The van der Waals surface area contributed by atoms with Gasteiger partial charge >= 0.3 is 6.16 Å². The summed E-state index contributed by atoms with van der Waals surface area (Å²) in [5, 5.41) is -0.269. The molecule has 7 heteroatoms.